The Kier molecular flexibility index (Phi) is 4.15. The molecule has 5 heteroatoms. The highest BCUT2D eigenvalue weighted by atomic mass is 31.2. The lowest BCUT2D eigenvalue weighted by molar-refractivity contribution is 0.468. The van der Waals surface area contributed by atoms with Crippen molar-refractivity contribution in [2.45, 2.75) is 13.8 Å². The normalized spacial score (nSPS) is 13.6. The molecule has 3 nitrogen and oxygen atoms in total. The number of anilines is 1. The lowest BCUT2D eigenvalue weighted by Gasteiger charge is -2.19. The summed E-state index contributed by atoms with van der Waals surface area (Å²) in [7, 11) is -3.20. The molecule has 1 atom stereocenters. The van der Waals surface area contributed by atoms with E-state index in [1.165, 1.54) is 18.8 Å². The molecule has 106 valence electrons. The van der Waals surface area contributed by atoms with Crippen molar-refractivity contribution in [1.29, 1.82) is 0 Å². The highest BCUT2D eigenvalue weighted by molar-refractivity contribution is 7.60. The molecule has 2 rings (SSSR count). The van der Waals surface area contributed by atoms with E-state index in [9.17, 15) is 8.96 Å². The van der Waals surface area contributed by atoms with E-state index in [2.05, 4.69) is 5.09 Å². The number of hydrogen-bond acceptors (Lipinski definition) is 2. The predicted octanol–water partition coefficient (Wildman–Crippen LogP) is 4.76. The summed E-state index contributed by atoms with van der Waals surface area (Å²) >= 11 is 0. The third-order valence-electron chi connectivity index (χ3n) is 2.83. The van der Waals surface area contributed by atoms with Gasteiger partial charge in [-0.1, -0.05) is 24.3 Å². The Balaban J connectivity index is 2.21. The van der Waals surface area contributed by atoms with E-state index in [-0.39, 0.29) is 5.75 Å². The maximum absolute atomic E-state index is 13.5. The minimum absolute atomic E-state index is 0.0175. The summed E-state index contributed by atoms with van der Waals surface area (Å²) in [6, 6.07) is 11.7. The van der Waals surface area contributed by atoms with E-state index < -0.39 is 13.3 Å². The molecule has 1 N–H and O–H groups in total. The molecule has 20 heavy (non-hydrogen) atoms. The molecule has 0 bridgehead atoms. The van der Waals surface area contributed by atoms with Crippen LogP contribution in [0.5, 0.6) is 5.75 Å². The molecular weight excluding hydrogens is 276 g/mol. The highest BCUT2D eigenvalue weighted by Gasteiger charge is 2.20. The molecule has 0 saturated carbocycles. The van der Waals surface area contributed by atoms with Gasteiger partial charge in [-0.3, -0.25) is 4.57 Å². The Morgan fingerprint density at radius 1 is 1.15 bits per heavy atom. The molecule has 2 aromatic rings. The minimum atomic E-state index is -3.20. The van der Waals surface area contributed by atoms with Gasteiger partial charge in [-0.25, -0.2) is 4.39 Å². The minimum Gasteiger partial charge on any atom is -0.426 e. The first-order chi connectivity index (χ1) is 9.37. The van der Waals surface area contributed by atoms with Gasteiger partial charge in [0.05, 0.1) is 0 Å². The van der Waals surface area contributed by atoms with Gasteiger partial charge < -0.3 is 9.61 Å². The molecule has 2 aromatic carbocycles. The van der Waals surface area contributed by atoms with Gasteiger partial charge in [-0.05, 0) is 43.2 Å². The molecule has 0 saturated heterocycles. The van der Waals surface area contributed by atoms with Gasteiger partial charge in [0.2, 0.25) is 0 Å². The average Bonchev–Trinajstić information content (AvgIpc) is 2.36. The molecule has 0 aliphatic heterocycles. The fourth-order valence-electron chi connectivity index (χ4n) is 1.80. The molecule has 0 aliphatic carbocycles. The van der Waals surface area contributed by atoms with Gasteiger partial charge in [0.25, 0.3) is 0 Å². The zero-order valence-electron chi connectivity index (χ0n) is 11.7. The van der Waals surface area contributed by atoms with E-state index in [1.807, 2.05) is 32.0 Å². The number of para-hydroxylation sites is 1. The highest BCUT2D eigenvalue weighted by Crippen LogP contribution is 2.44. The summed E-state index contributed by atoms with van der Waals surface area (Å²) in [5.41, 5.74) is 2.73. The molecule has 0 aliphatic rings. The van der Waals surface area contributed by atoms with Gasteiger partial charge in [0, 0.05) is 12.4 Å². The van der Waals surface area contributed by atoms with Crippen LogP contribution in [0.4, 0.5) is 10.1 Å². The maximum Gasteiger partial charge on any atom is 0.338 e. The van der Waals surface area contributed by atoms with Crippen molar-refractivity contribution in [3.8, 4) is 5.75 Å². The van der Waals surface area contributed by atoms with Crippen LogP contribution in [0.2, 0.25) is 0 Å². The van der Waals surface area contributed by atoms with Crippen LogP contribution in [0.3, 0.4) is 0 Å². The average molecular weight is 293 g/mol. The van der Waals surface area contributed by atoms with Crippen LogP contribution < -0.4 is 9.61 Å². The second kappa shape index (κ2) is 5.68. The molecule has 0 amide bonds. The van der Waals surface area contributed by atoms with Crippen molar-refractivity contribution in [3.05, 3.63) is 59.4 Å². The Morgan fingerprint density at radius 3 is 2.55 bits per heavy atom. The van der Waals surface area contributed by atoms with Gasteiger partial charge >= 0.3 is 7.52 Å². The molecule has 0 heterocycles. The smallest absolute Gasteiger partial charge is 0.338 e. The fraction of sp³-hybridized carbons (Fsp3) is 0.200. The summed E-state index contributed by atoms with van der Waals surface area (Å²) < 4.78 is 31.3. The number of hydrogen-bond donors (Lipinski definition) is 1. The van der Waals surface area contributed by atoms with Crippen molar-refractivity contribution in [2.75, 3.05) is 11.8 Å². The molecule has 0 aromatic heterocycles. The first-order valence-corrected chi connectivity index (χ1v) is 8.32. The Hall–Kier alpha value is -1.80. The van der Waals surface area contributed by atoms with E-state index in [1.54, 1.807) is 12.1 Å². The van der Waals surface area contributed by atoms with Crippen LogP contribution >= 0.6 is 7.52 Å². The van der Waals surface area contributed by atoms with E-state index >= 15 is 0 Å². The zero-order chi connectivity index (χ0) is 14.8. The van der Waals surface area contributed by atoms with Crippen LogP contribution in [0.1, 0.15) is 11.1 Å². The van der Waals surface area contributed by atoms with Crippen LogP contribution in [-0.2, 0) is 4.57 Å². The predicted molar refractivity (Wildman–Crippen MR) is 80.1 cm³/mol. The van der Waals surface area contributed by atoms with Crippen molar-refractivity contribution in [3.63, 3.8) is 0 Å². The topological polar surface area (TPSA) is 38.3 Å². The summed E-state index contributed by atoms with van der Waals surface area (Å²) in [4.78, 5) is 0. The Labute approximate surface area is 118 Å². The molecular formula is C15H17FNO2P. The first kappa shape index (κ1) is 14.6. The van der Waals surface area contributed by atoms with Gasteiger partial charge in [0.15, 0.2) is 11.6 Å². The zero-order valence-corrected chi connectivity index (χ0v) is 12.6. The van der Waals surface area contributed by atoms with Crippen LogP contribution in [0, 0.1) is 19.7 Å². The summed E-state index contributed by atoms with van der Waals surface area (Å²) in [5, 5.41) is 2.87. The second-order valence-corrected chi connectivity index (χ2v) is 6.90. The number of rotatable bonds is 4. The SMILES string of the molecule is Cc1ccc(C)c(NP(C)(=O)Oc2ccccc2F)c1. The standard InChI is InChI=1S/C15H17FNO2P/c1-11-8-9-12(2)14(10-11)17-20(3,18)19-15-7-5-4-6-13(15)16/h4-10H,1-3H3,(H,17,18). The first-order valence-electron chi connectivity index (χ1n) is 6.24. The van der Waals surface area contributed by atoms with Gasteiger partial charge in [0.1, 0.15) is 0 Å². The number of halogens is 1. The Bertz CT molecular complexity index is 673. The number of nitrogens with one attached hydrogen (secondary N) is 1. The Morgan fingerprint density at radius 2 is 1.85 bits per heavy atom. The van der Waals surface area contributed by atoms with Crippen LogP contribution in [0.15, 0.2) is 42.5 Å². The maximum atomic E-state index is 13.5. The van der Waals surface area contributed by atoms with Gasteiger partial charge in [-0.2, -0.15) is 0 Å². The lowest BCUT2D eigenvalue weighted by atomic mass is 10.1. The molecule has 0 fully saturated rings. The molecule has 0 spiro atoms. The van der Waals surface area contributed by atoms with E-state index in [0.717, 1.165) is 16.8 Å². The van der Waals surface area contributed by atoms with Crippen molar-refractivity contribution in [1.82, 2.24) is 0 Å². The summed E-state index contributed by atoms with van der Waals surface area (Å²) in [6.07, 6.45) is 0. The lowest BCUT2D eigenvalue weighted by Crippen LogP contribution is -2.04. The van der Waals surface area contributed by atoms with Crippen LogP contribution in [-0.4, -0.2) is 6.66 Å². The fourth-order valence-corrected chi connectivity index (χ4v) is 3.05. The van der Waals surface area contributed by atoms with E-state index in [4.69, 9.17) is 4.52 Å². The largest absolute Gasteiger partial charge is 0.426 e. The van der Waals surface area contributed by atoms with Crippen molar-refractivity contribution < 1.29 is 13.5 Å². The third-order valence-corrected chi connectivity index (χ3v) is 4.02. The monoisotopic (exact) mass is 293 g/mol. The second-order valence-electron chi connectivity index (χ2n) is 4.80. The number of aryl methyl sites for hydroxylation is 2. The van der Waals surface area contributed by atoms with Crippen LogP contribution in [0.25, 0.3) is 0 Å². The number of benzene rings is 2. The van der Waals surface area contributed by atoms with Crippen molar-refractivity contribution >= 4 is 13.2 Å². The van der Waals surface area contributed by atoms with Crippen molar-refractivity contribution in [2.24, 2.45) is 0 Å². The quantitative estimate of drug-likeness (QED) is 0.826. The van der Waals surface area contributed by atoms with E-state index in [0.29, 0.717) is 0 Å². The summed E-state index contributed by atoms with van der Waals surface area (Å²) in [6.45, 7) is 5.29. The molecule has 0 radical (unpaired) electrons. The van der Waals surface area contributed by atoms with Gasteiger partial charge in [-0.15, -0.1) is 0 Å². The summed E-state index contributed by atoms with van der Waals surface area (Å²) in [5.74, 6) is -0.548. The third kappa shape index (κ3) is 3.61. The molecule has 1 unspecified atom stereocenters.